The normalized spacial score (nSPS) is 12.3. The first-order valence-electron chi connectivity index (χ1n) is 7.64. The molecule has 6 nitrogen and oxygen atoms in total. The van der Waals surface area contributed by atoms with Crippen molar-refractivity contribution >= 4 is 27.0 Å². The molecule has 7 heteroatoms. The van der Waals surface area contributed by atoms with Gasteiger partial charge in [-0.15, -0.1) is 0 Å². The Bertz CT molecular complexity index is 539. The number of amides is 1. The van der Waals surface area contributed by atoms with Crippen LogP contribution >= 0.6 is 0 Å². The molecule has 0 bridgehead atoms. The standard InChI is InChI=1S/C17H25NO5Se/c1-17(2,3)23-16(21)18-14(15(19)20)9-10-24-11-12-5-7-13(22-4)8-6-12/h5-8,14H,9-11H2,1-4H3,(H,18,21)(H,19,20)/t14-/m1/s1. The molecule has 0 unspecified atom stereocenters. The topological polar surface area (TPSA) is 84.9 Å². The van der Waals surface area contributed by atoms with Gasteiger partial charge in [-0.25, -0.2) is 0 Å². The first kappa shape index (κ1) is 20.3. The second-order valence-corrected chi connectivity index (χ2v) is 8.55. The molecule has 0 aliphatic rings. The number of hydrogen-bond donors (Lipinski definition) is 2. The number of carboxylic acid groups (broad SMARTS) is 1. The summed E-state index contributed by atoms with van der Waals surface area (Å²) in [5.74, 6) is -0.222. The maximum absolute atomic E-state index is 11.7. The predicted octanol–water partition coefficient (Wildman–Crippen LogP) is 2.69. The Morgan fingerprint density at radius 2 is 1.88 bits per heavy atom. The molecule has 0 aliphatic heterocycles. The number of rotatable bonds is 8. The van der Waals surface area contributed by atoms with Gasteiger partial charge in [0.25, 0.3) is 0 Å². The molecule has 0 heterocycles. The van der Waals surface area contributed by atoms with Gasteiger partial charge in [0.15, 0.2) is 0 Å². The number of methoxy groups -OCH3 is 1. The molecule has 0 saturated heterocycles. The van der Waals surface area contributed by atoms with Crippen LogP contribution in [0.25, 0.3) is 0 Å². The summed E-state index contributed by atoms with van der Waals surface area (Å²) in [5.41, 5.74) is 0.550. The van der Waals surface area contributed by atoms with Gasteiger partial charge in [0, 0.05) is 0 Å². The number of ether oxygens (including phenoxy) is 2. The summed E-state index contributed by atoms with van der Waals surface area (Å²) in [6.45, 7) is 5.21. The van der Waals surface area contributed by atoms with Crippen molar-refractivity contribution in [3.63, 3.8) is 0 Å². The van der Waals surface area contributed by atoms with Gasteiger partial charge in [0.2, 0.25) is 0 Å². The number of alkyl carbamates (subject to hydrolysis) is 1. The number of nitrogens with one attached hydrogen (secondary N) is 1. The fourth-order valence-corrected chi connectivity index (χ4v) is 3.87. The molecule has 0 aromatic heterocycles. The van der Waals surface area contributed by atoms with Gasteiger partial charge in [0.1, 0.15) is 0 Å². The molecule has 1 aromatic rings. The van der Waals surface area contributed by atoms with Crippen LogP contribution in [-0.2, 0) is 14.9 Å². The molecule has 1 amide bonds. The number of carbonyl (C=O) groups excluding carboxylic acids is 1. The molecule has 0 fully saturated rings. The summed E-state index contributed by atoms with van der Waals surface area (Å²) in [7, 11) is 1.63. The van der Waals surface area contributed by atoms with E-state index in [1.807, 2.05) is 24.3 Å². The second-order valence-electron chi connectivity index (χ2n) is 6.23. The number of hydrogen-bond acceptors (Lipinski definition) is 4. The van der Waals surface area contributed by atoms with Crippen LogP contribution in [0.5, 0.6) is 5.75 Å². The van der Waals surface area contributed by atoms with Crippen LogP contribution in [0.15, 0.2) is 24.3 Å². The minimum atomic E-state index is -1.04. The van der Waals surface area contributed by atoms with Crippen molar-refractivity contribution in [3.8, 4) is 5.75 Å². The van der Waals surface area contributed by atoms with Crippen LogP contribution in [-0.4, -0.2) is 50.9 Å². The Hall–Kier alpha value is -1.72. The molecule has 0 radical (unpaired) electrons. The molecule has 2 N–H and O–H groups in total. The molecular weight excluding hydrogens is 377 g/mol. The molecule has 0 saturated carbocycles. The Balaban J connectivity index is 2.38. The summed E-state index contributed by atoms with van der Waals surface area (Å²) in [6, 6.07) is 6.92. The van der Waals surface area contributed by atoms with Crippen molar-refractivity contribution < 1.29 is 24.2 Å². The summed E-state index contributed by atoms with van der Waals surface area (Å²) in [6.07, 6.45) is -0.303. The van der Waals surface area contributed by atoms with Gasteiger partial charge in [-0.2, -0.15) is 0 Å². The third-order valence-corrected chi connectivity index (χ3v) is 5.20. The van der Waals surface area contributed by atoms with Crippen molar-refractivity contribution in [2.75, 3.05) is 7.11 Å². The fraction of sp³-hybridized carbons (Fsp3) is 0.529. The molecule has 24 heavy (non-hydrogen) atoms. The van der Waals surface area contributed by atoms with E-state index in [0.29, 0.717) is 6.42 Å². The van der Waals surface area contributed by atoms with Gasteiger partial charge in [0.05, 0.1) is 0 Å². The molecule has 0 aliphatic carbocycles. The quantitative estimate of drug-likeness (QED) is 0.516. The van der Waals surface area contributed by atoms with Crippen molar-refractivity contribution in [1.29, 1.82) is 0 Å². The molecule has 1 rings (SSSR count). The van der Waals surface area contributed by atoms with E-state index in [4.69, 9.17) is 9.47 Å². The van der Waals surface area contributed by atoms with E-state index in [-0.39, 0.29) is 15.0 Å². The van der Waals surface area contributed by atoms with Gasteiger partial charge >= 0.3 is 149 Å². The molecule has 0 spiro atoms. The van der Waals surface area contributed by atoms with Crippen molar-refractivity contribution in [2.24, 2.45) is 0 Å². The zero-order valence-electron chi connectivity index (χ0n) is 14.5. The van der Waals surface area contributed by atoms with Crippen LogP contribution < -0.4 is 10.1 Å². The zero-order valence-corrected chi connectivity index (χ0v) is 16.2. The van der Waals surface area contributed by atoms with Crippen LogP contribution in [0.1, 0.15) is 32.8 Å². The van der Waals surface area contributed by atoms with E-state index in [1.165, 1.54) is 5.56 Å². The fourth-order valence-electron chi connectivity index (χ4n) is 1.82. The van der Waals surface area contributed by atoms with E-state index in [1.54, 1.807) is 27.9 Å². The average molecular weight is 402 g/mol. The first-order chi connectivity index (χ1) is 11.2. The van der Waals surface area contributed by atoms with Crippen molar-refractivity contribution in [2.45, 2.75) is 49.5 Å². The van der Waals surface area contributed by atoms with Gasteiger partial charge in [-0.05, 0) is 0 Å². The number of carbonyl (C=O) groups is 2. The van der Waals surface area contributed by atoms with E-state index >= 15 is 0 Å². The van der Waals surface area contributed by atoms with Gasteiger partial charge in [-0.3, -0.25) is 0 Å². The summed E-state index contributed by atoms with van der Waals surface area (Å²) >= 11 is 0.262. The van der Waals surface area contributed by atoms with E-state index in [9.17, 15) is 14.7 Å². The third-order valence-electron chi connectivity index (χ3n) is 2.97. The van der Waals surface area contributed by atoms with Gasteiger partial charge in [-0.1, -0.05) is 0 Å². The number of aliphatic carboxylic acids is 1. The Labute approximate surface area is 149 Å². The van der Waals surface area contributed by atoms with E-state index in [2.05, 4.69) is 5.32 Å². The van der Waals surface area contributed by atoms with E-state index in [0.717, 1.165) is 16.4 Å². The van der Waals surface area contributed by atoms with Gasteiger partial charge < -0.3 is 0 Å². The van der Waals surface area contributed by atoms with Crippen molar-refractivity contribution in [3.05, 3.63) is 29.8 Å². The summed E-state index contributed by atoms with van der Waals surface area (Å²) in [5, 5.41) is 13.3. The molecule has 1 aromatic carbocycles. The van der Waals surface area contributed by atoms with Crippen LogP contribution in [0.2, 0.25) is 5.32 Å². The first-order valence-corrected chi connectivity index (χ1v) is 10.1. The van der Waals surface area contributed by atoms with Crippen LogP contribution in [0, 0.1) is 0 Å². The van der Waals surface area contributed by atoms with Crippen LogP contribution in [0.4, 0.5) is 4.79 Å². The number of benzene rings is 1. The zero-order chi connectivity index (χ0) is 18.2. The predicted molar refractivity (Wildman–Crippen MR) is 92.7 cm³/mol. The SMILES string of the molecule is COc1ccc(C[Se]CC[C@@H](NC(=O)OC(C)(C)C)C(=O)O)cc1. The van der Waals surface area contributed by atoms with Crippen molar-refractivity contribution in [1.82, 2.24) is 5.32 Å². The number of carboxylic acids is 1. The third kappa shape index (κ3) is 8.22. The average Bonchev–Trinajstić information content (AvgIpc) is 2.48. The molecular formula is C17H25NO5Se. The summed E-state index contributed by atoms with van der Waals surface area (Å²) in [4.78, 5) is 22.9. The Morgan fingerprint density at radius 1 is 1.25 bits per heavy atom. The van der Waals surface area contributed by atoms with E-state index < -0.39 is 23.7 Å². The minimum absolute atomic E-state index is 0.262. The second kappa shape index (κ2) is 9.55. The van der Waals surface area contributed by atoms with Crippen LogP contribution in [0.3, 0.4) is 0 Å². The Morgan fingerprint density at radius 3 is 2.38 bits per heavy atom. The Kier molecular flexibility index (Phi) is 8.08. The molecule has 134 valence electrons. The summed E-state index contributed by atoms with van der Waals surface area (Å²) < 4.78 is 10.2. The molecule has 1 atom stereocenters. The maximum atomic E-state index is 11.7. The monoisotopic (exact) mass is 403 g/mol.